The van der Waals surface area contributed by atoms with E-state index in [1.54, 1.807) is 0 Å². The van der Waals surface area contributed by atoms with E-state index in [9.17, 15) is 13.7 Å². The van der Waals surface area contributed by atoms with Crippen molar-refractivity contribution in [1.82, 2.24) is 0 Å². The van der Waals surface area contributed by atoms with Gasteiger partial charge < -0.3 is 14.7 Å². The summed E-state index contributed by atoms with van der Waals surface area (Å²) in [6.07, 6.45) is 4.24. The third kappa shape index (κ3) is 9.05. The second kappa shape index (κ2) is 7.29. The Kier molecular flexibility index (Phi) is 7.08. The van der Waals surface area contributed by atoms with Gasteiger partial charge in [-0.05, 0) is 0 Å². The molecule has 19 heavy (non-hydrogen) atoms. The molecule has 0 aliphatic rings. The van der Waals surface area contributed by atoms with Gasteiger partial charge >= 0.3 is 23.0 Å². The molecule has 0 aliphatic carbocycles. The van der Waals surface area contributed by atoms with E-state index < -0.39 is 23.0 Å². The van der Waals surface area contributed by atoms with E-state index in [1.807, 2.05) is 0 Å². The highest BCUT2D eigenvalue weighted by Gasteiger charge is 2.37. The summed E-state index contributed by atoms with van der Waals surface area (Å²) in [6.45, 7) is 6.43. The minimum Gasteiger partial charge on any atom is -0.321 e. The normalized spacial score (nSPS) is 21.6. The van der Waals surface area contributed by atoms with E-state index >= 15 is 0 Å². The first kappa shape index (κ1) is 18.4. The molecule has 108 valence electrons. The molecule has 0 fully saturated rings. The van der Waals surface area contributed by atoms with E-state index in [4.69, 9.17) is 14.7 Å². The SMILES string of the molecule is C=C/C=C/P(=O)(O)OP(=O)(O)OP(=O)(O)/C=C/C=C. The van der Waals surface area contributed by atoms with E-state index in [1.165, 1.54) is 0 Å². The zero-order valence-electron chi connectivity index (χ0n) is 9.60. The minimum absolute atomic E-state index is 0.564. The van der Waals surface area contributed by atoms with Gasteiger partial charge in [-0.1, -0.05) is 37.5 Å². The van der Waals surface area contributed by atoms with Crippen molar-refractivity contribution in [3.63, 3.8) is 0 Å². The molecule has 8 nitrogen and oxygen atoms in total. The zero-order valence-corrected chi connectivity index (χ0v) is 12.3. The monoisotopic (exact) mass is 330 g/mol. The predicted octanol–water partition coefficient (Wildman–Crippen LogP) is 2.89. The van der Waals surface area contributed by atoms with Gasteiger partial charge in [0.25, 0.3) is 0 Å². The fourth-order valence-electron chi connectivity index (χ4n) is 0.704. The standard InChI is InChI=1S/C8H13O8P3/c1-3-5-7-17(9,10)15-19(13,14)16-18(11,12)8-6-4-2/h3-8H,1-2H2,(H,9,10)(H,11,12)(H,13,14)/b7-5+,8-6+. The average Bonchev–Trinajstić information content (AvgIpc) is 2.20. The summed E-state index contributed by atoms with van der Waals surface area (Å²) in [6, 6.07) is 0. The van der Waals surface area contributed by atoms with Gasteiger partial charge in [0, 0.05) is 11.6 Å². The van der Waals surface area contributed by atoms with Crippen molar-refractivity contribution in [2.24, 2.45) is 0 Å². The lowest BCUT2D eigenvalue weighted by Gasteiger charge is -2.15. The summed E-state index contributed by atoms with van der Waals surface area (Å²) >= 11 is 0. The Balaban J connectivity index is 4.96. The number of rotatable bonds is 8. The van der Waals surface area contributed by atoms with Gasteiger partial charge in [0.1, 0.15) is 0 Å². The lowest BCUT2D eigenvalue weighted by Crippen LogP contribution is -1.91. The van der Waals surface area contributed by atoms with Crippen LogP contribution in [0.1, 0.15) is 0 Å². The Hall–Kier alpha value is -0.550. The molecule has 0 saturated carbocycles. The first-order valence-corrected chi connectivity index (χ1v) is 9.33. The molecule has 0 radical (unpaired) electrons. The van der Waals surface area contributed by atoms with Crippen molar-refractivity contribution in [3.05, 3.63) is 49.1 Å². The fraction of sp³-hybridized carbons (Fsp3) is 0. The van der Waals surface area contributed by atoms with Crippen molar-refractivity contribution in [3.8, 4) is 0 Å². The second-order valence-electron chi connectivity index (χ2n) is 2.91. The largest absolute Gasteiger partial charge is 0.487 e. The van der Waals surface area contributed by atoms with Crippen molar-refractivity contribution in [2.45, 2.75) is 0 Å². The summed E-state index contributed by atoms with van der Waals surface area (Å²) in [5.74, 6) is 1.13. The summed E-state index contributed by atoms with van der Waals surface area (Å²) in [4.78, 5) is 27.4. The van der Waals surface area contributed by atoms with Crippen LogP contribution in [0.4, 0.5) is 0 Å². The smallest absolute Gasteiger partial charge is 0.321 e. The molecule has 0 saturated heterocycles. The molecular formula is C8H13O8P3. The van der Waals surface area contributed by atoms with Crippen LogP contribution < -0.4 is 0 Å². The Morgan fingerprint density at radius 1 is 0.789 bits per heavy atom. The average molecular weight is 330 g/mol. The van der Waals surface area contributed by atoms with E-state index in [2.05, 4.69) is 21.8 Å². The topological polar surface area (TPSA) is 130 Å². The quantitative estimate of drug-likeness (QED) is 0.457. The lowest BCUT2D eigenvalue weighted by atomic mass is 10.6. The van der Waals surface area contributed by atoms with Gasteiger partial charge in [-0.2, -0.15) is 0 Å². The van der Waals surface area contributed by atoms with Gasteiger partial charge in [0.05, 0.1) is 0 Å². The van der Waals surface area contributed by atoms with Crippen LogP contribution in [0.5, 0.6) is 0 Å². The van der Waals surface area contributed by atoms with E-state index in [0.29, 0.717) is 11.6 Å². The fourth-order valence-corrected chi connectivity index (χ4v) is 4.57. The van der Waals surface area contributed by atoms with E-state index in [-0.39, 0.29) is 0 Å². The molecule has 11 heteroatoms. The van der Waals surface area contributed by atoms with Crippen molar-refractivity contribution in [2.75, 3.05) is 0 Å². The van der Waals surface area contributed by atoms with E-state index in [0.717, 1.165) is 24.3 Å². The number of hydrogen-bond acceptors (Lipinski definition) is 5. The summed E-state index contributed by atoms with van der Waals surface area (Å²) in [5, 5.41) is 0. The molecule has 0 aromatic rings. The summed E-state index contributed by atoms with van der Waals surface area (Å²) < 4.78 is 41.7. The molecule has 0 spiro atoms. The van der Waals surface area contributed by atoms with Gasteiger partial charge in [-0.3, -0.25) is 9.13 Å². The van der Waals surface area contributed by atoms with Gasteiger partial charge in [-0.25, -0.2) is 13.2 Å². The van der Waals surface area contributed by atoms with Crippen LogP contribution in [0.15, 0.2) is 49.1 Å². The predicted molar refractivity (Wildman–Crippen MR) is 70.3 cm³/mol. The van der Waals surface area contributed by atoms with Crippen molar-refractivity contribution >= 4 is 23.0 Å². The molecule has 0 aromatic heterocycles. The first-order chi connectivity index (χ1) is 8.54. The van der Waals surface area contributed by atoms with Crippen LogP contribution in [0.25, 0.3) is 0 Å². The van der Waals surface area contributed by atoms with Crippen LogP contribution in [0.2, 0.25) is 0 Å². The Morgan fingerprint density at radius 3 is 1.37 bits per heavy atom. The van der Waals surface area contributed by atoms with Crippen LogP contribution >= 0.6 is 23.0 Å². The molecule has 0 rings (SSSR count). The molecule has 2 atom stereocenters. The van der Waals surface area contributed by atoms with Gasteiger partial charge in [-0.15, -0.1) is 0 Å². The number of allylic oxidation sites excluding steroid dienone is 4. The van der Waals surface area contributed by atoms with Gasteiger partial charge in [0.2, 0.25) is 0 Å². The zero-order chi connectivity index (χ0) is 15.2. The summed E-state index contributed by atoms with van der Waals surface area (Å²) in [7, 11) is -14.4. The van der Waals surface area contributed by atoms with Crippen molar-refractivity contribution < 1.29 is 37.0 Å². The Bertz CT molecular complexity index is 490. The van der Waals surface area contributed by atoms with Crippen molar-refractivity contribution in [1.29, 1.82) is 0 Å². The maximum atomic E-state index is 11.3. The van der Waals surface area contributed by atoms with Crippen LogP contribution in [0, 0.1) is 0 Å². The summed E-state index contributed by atoms with van der Waals surface area (Å²) in [5.41, 5.74) is 0. The highest BCUT2D eigenvalue weighted by molar-refractivity contribution is 7.71. The first-order valence-electron chi connectivity index (χ1n) is 4.54. The maximum absolute atomic E-state index is 11.3. The third-order valence-corrected chi connectivity index (χ3v) is 5.88. The molecule has 0 bridgehead atoms. The van der Waals surface area contributed by atoms with Crippen LogP contribution in [-0.2, 0) is 22.3 Å². The third-order valence-electron chi connectivity index (χ3n) is 1.26. The highest BCUT2D eigenvalue weighted by atomic mass is 31.3. The van der Waals surface area contributed by atoms with Crippen LogP contribution in [0.3, 0.4) is 0 Å². The Labute approximate surface area is 110 Å². The Morgan fingerprint density at radius 2 is 1.11 bits per heavy atom. The molecular weight excluding hydrogens is 317 g/mol. The number of phosphoric acid groups is 1. The number of hydrogen-bond donors (Lipinski definition) is 3. The molecule has 0 aromatic carbocycles. The second-order valence-corrected chi connectivity index (χ2v) is 8.01. The highest BCUT2D eigenvalue weighted by Crippen LogP contribution is 2.67. The lowest BCUT2D eigenvalue weighted by molar-refractivity contribution is 0.262. The molecule has 0 heterocycles. The maximum Gasteiger partial charge on any atom is 0.487 e. The molecule has 3 N–H and O–H groups in total. The molecule has 0 amide bonds. The minimum atomic E-state index is -5.21. The van der Waals surface area contributed by atoms with Gasteiger partial charge in [0.15, 0.2) is 0 Å². The van der Waals surface area contributed by atoms with Crippen LogP contribution in [-0.4, -0.2) is 14.7 Å². The molecule has 2 unspecified atom stereocenters. The molecule has 0 aliphatic heterocycles.